The maximum absolute atomic E-state index is 11.7. The van der Waals surface area contributed by atoms with Crippen molar-refractivity contribution in [2.24, 2.45) is 0 Å². The molecule has 0 aliphatic rings. The SMILES string of the molecule is COCCCNC(=O)CCCNC(=O)c1ccccc1. The first-order chi connectivity index (χ1) is 9.74. The molecular weight excluding hydrogens is 256 g/mol. The molecule has 0 radical (unpaired) electrons. The third kappa shape index (κ3) is 6.89. The minimum Gasteiger partial charge on any atom is -0.385 e. The van der Waals surface area contributed by atoms with Gasteiger partial charge in [0.25, 0.3) is 5.91 Å². The lowest BCUT2D eigenvalue weighted by atomic mass is 10.2. The molecule has 20 heavy (non-hydrogen) atoms. The molecule has 0 unspecified atom stereocenters. The summed E-state index contributed by atoms with van der Waals surface area (Å²) in [7, 11) is 1.64. The monoisotopic (exact) mass is 278 g/mol. The highest BCUT2D eigenvalue weighted by Crippen LogP contribution is 1.98. The smallest absolute Gasteiger partial charge is 0.251 e. The Bertz CT molecular complexity index is 407. The predicted octanol–water partition coefficient (Wildman–Crippen LogP) is 1.35. The zero-order valence-corrected chi connectivity index (χ0v) is 11.9. The third-order valence-corrected chi connectivity index (χ3v) is 2.75. The van der Waals surface area contributed by atoms with E-state index in [9.17, 15) is 9.59 Å². The van der Waals surface area contributed by atoms with Crippen molar-refractivity contribution >= 4 is 11.8 Å². The number of carbonyl (C=O) groups excluding carboxylic acids is 2. The fraction of sp³-hybridized carbons (Fsp3) is 0.467. The van der Waals surface area contributed by atoms with E-state index >= 15 is 0 Å². The molecule has 0 atom stereocenters. The lowest BCUT2D eigenvalue weighted by Gasteiger charge is -2.06. The Hall–Kier alpha value is -1.88. The van der Waals surface area contributed by atoms with Crippen LogP contribution in [0.1, 0.15) is 29.6 Å². The van der Waals surface area contributed by atoms with E-state index in [2.05, 4.69) is 10.6 Å². The molecule has 0 spiro atoms. The van der Waals surface area contributed by atoms with Crippen LogP contribution in [0.5, 0.6) is 0 Å². The van der Waals surface area contributed by atoms with E-state index in [4.69, 9.17) is 4.74 Å². The standard InChI is InChI=1S/C15H22N2O3/c1-20-12-6-11-16-14(18)9-5-10-17-15(19)13-7-3-2-4-8-13/h2-4,7-8H,5-6,9-12H2,1H3,(H,16,18)(H,17,19). The largest absolute Gasteiger partial charge is 0.385 e. The Labute approximate surface area is 119 Å². The lowest BCUT2D eigenvalue weighted by Crippen LogP contribution is -2.28. The molecule has 1 aromatic rings. The van der Waals surface area contributed by atoms with Crippen molar-refractivity contribution in [1.82, 2.24) is 10.6 Å². The van der Waals surface area contributed by atoms with E-state index in [1.807, 2.05) is 18.2 Å². The van der Waals surface area contributed by atoms with Gasteiger partial charge in [0.05, 0.1) is 0 Å². The first kappa shape index (κ1) is 16.2. The van der Waals surface area contributed by atoms with Crippen LogP contribution >= 0.6 is 0 Å². The molecule has 1 aromatic carbocycles. The van der Waals surface area contributed by atoms with Crippen molar-refractivity contribution in [3.05, 3.63) is 35.9 Å². The molecule has 0 heterocycles. The number of amides is 2. The van der Waals surface area contributed by atoms with Crippen LogP contribution in [0.25, 0.3) is 0 Å². The molecule has 0 aliphatic heterocycles. The van der Waals surface area contributed by atoms with Gasteiger partial charge < -0.3 is 15.4 Å². The summed E-state index contributed by atoms with van der Waals surface area (Å²) in [5.41, 5.74) is 0.636. The highest BCUT2D eigenvalue weighted by Gasteiger charge is 2.04. The molecule has 0 aliphatic carbocycles. The predicted molar refractivity (Wildman–Crippen MR) is 77.5 cm³/mol. The van der Waals surface area contributed by atoms with Gasteiger partial charge in [0.15, 0.2) is 0 Å². The fourth-order valence-corrected chi connectivity index (χ4v) is 1.68. The minimum atomic E-state index is -0.105. The van der Waals surface area contributed by atoms with E-state index in [0.717, 1.165) is 6.42 Å². The molecule has 2 amide bonds. The van der Waals surface area contributed by atoms with Gasteiger partial charge in [-0.3, -0.25) is 9.59 Å². The average Bonchev–Trinajstić information content (AvgIpc) is 2.49. The van der Waals surface area contributed by atoms with Crippen LogP contribution in [0.15, 0.2) is 30.3 Å². The van der Waals surface area contributed by atoms with Gasteiger partial charge in [-0.25, -0.2) is 0 Å². The van der Waals surface area contributed by atoms with Gasteiger partial charge >= 0.3 is 0 Å². The summed E-state index contributed by atoms with van der Waals surface area (Å²) in [6.07, 6.45) is 1.86. The van der Waals surface area contributed by atoms with Gasteiger partial charge in [0.1, 0.15) is 0 Å². The zero-order valence-electron chi connectivity index (χ0n) is 11.9. The quantitative estimate of drug-likeness (QED) is 0.670. The molecule has 0 fully saturated rings. The molecule has 5 heteroatoms. The molecule has 1 rings (SSSR count). The highest BCUT2D eigenvalue weighted by molar-refractivity contribution is 5.94. The second-order valence-electron chi connectivity index (χ2n) is 4.42. The Morgan fingerprint density at radius 2 is 1.75 bits per heavy atom. The first-order valence-corrected chi connectivity index (χ1v) is 6.83. The Morgan fingerprint density at radius 1 is 1.05 bits per heavy atom. The molecule has 2 N–H and O–H groups in total. The number of carbonyl (C=O) groups is 2. The number of ether oxygens (including phenoxy) is 1. The van der Waals surface area contributed by atoms with Crippen LogP contribution in [0.2, 0.25) is 0 Å². The molecule has 0 saturated carbocycles. The summed E-state index contributed by atoms with van der Waals surface area (Å²) in [6.45, 7) is 1.77. The van der Waals surface area contributed by atoms with Gasteiger partial charge in [-0.15, -0.1) is 0 Å². The van der Waals surface area contributed by atoms with Crippen LogP contribution in [0, 0.1) is 0 Å². The number of benzene rings is 1. The van der Waals surface area contributed by atoms with Gasteiger partial charge in [-0.1, -0.05) is 18.2 Å². The molecule has 110 valence electrons. The van der Waals surface area contributed by atoms with E-state index in [0.29, 0.717) is 38.1 Å². The molecule has 0 aromatic heterocycles. The van der Waals surface area contributed by atoms with Crippen LogP contribution < -0.4 is 10.6 Å². The number of nitrogens with one attached hydrogen (secondary N) is 2. The number of hydrogen-bond donors (Lipinski definition) is 2. The summed E-state index contributed by atoms with van der Waals surface area (Å²) in [5, 5.41) is 5.60. The molecular formula is C15H22N2O3. The lowest BCUT2D eigenvalue weighted by molar-refractivity contribution is -0.121. The maximum Gasteiger partial charge on any atom is 0.251 e. The summed E-state index contributed by atoms with van der Waals surface area (Å²) in [4.78, 5) is 23.2. The minimum absolute atomic E-state index is 0.00932. The summed E-state index contributed by atoms with van der Waals surface area (Å²) < 4.78 is 4.89. The van der Waals surface area contributed by atoms with Crippen LogP contribution in [0.4, 0.5) is 0 Å². The van der Waals surface area contributed by atoms with Gasteiger partial charge in [-0.05, 0) is 25.0 Å². The van der Waals surface area contributed by atoms with Crippen molar-refractivity contribution in [1.29, 1.82) is 0 Å². The van der Waals surface area contributed by atoms with E-state index in [-0.39, 0.29) is 11.8 Å². The van der Waals surface area contributed by atoms with Crippen LogP contribution in [0.3, 0.4) is 0 Å². The topological polar surface area (TPSA) is 67.4 Å². The molecule has 0 saturated heterocycles. The van der Waals surface area contributed by atoms with Crippen molar-refractivity contribution in [2.45, 2.75) is 19.3 Å². The van der Waals surface area contributed by atoms with E-state index in [1.165, 1.54) is 0 Å². The second-order valence-corrected chi connectivity index (χ2v) is 4.42. The maximum atomic E-state index is 11.7. The summed E-state index contributed by atoms with van der Waals surface area (Å²) in [5.74, 6) is -0.0961. The summed E-state index contributed by atoms with van der Waals surface area (Å²) in [6, 6.07) is 9.03. The Morgan fingerprint density at radius 3 is 2.45 bits per heavy atom. The normalized spacial score (nSPS) is 10.1. The molecule has 0 bridgehead atoms. The van der Waals surface area contributed by atoms with Gasteiger partial charge in [0.2, 0.25) is 5.91 Å². The Balaban J connectivity index is 2.07. The van der Waals surface area contributed by atoms with Crippen molar-refractivity contribution < 1.29 is 14.3 Å². The molecule has 5 nitrogen and oxygen atoms in total. The van der Waals surface area contributed by atoms with Gasteiger partial charge in [-0.2, -0.15) is 0 Å². The Kier molecular flexibility index (Phi) is 8.07. The van der Waals surface area contributed by atoms with Crippen molar-refractivity contribution in [3.63, 3.8) is 0 Å². The van der Waals surface area contributed by atoms with E-state index in [1.54, 1.807) is 19.2 Å². The average molecular weight is 278 g/mol. The van der Waals surface area contributed by atoms with Gasteiger partial charge in [0, 0.05) is 38.8 Å². The summed E-state index contributed by atoms with van der Waals surface area (Å²) >= 11 is 0. The number of rotatable bonds is 9. The second kappa shape index (κ2) is 9.97. The van der Waals surface area contributed by atoms with E-state index < -0.39 is 0 Å². The van der Waals surface area contributed by atoms with Crippen molar-refractivity contribution in [3.8, 4) is 0 Å². The van der Waals surface area contributed by atoms with Crippen LogP contribution in [-0.2, 0) is 9.53 Å². The number of methoxy groups -OCH3 is 1. The highest BCUT2D eigenvalue weighted by atomic mass is 16.5. The van der Waals surface area contributed by atoms with Crippen LogP contribution in [-0.4, -0.2) is 38.6 Å². The third-order valence-electron chi connectivity index (χ3n) is 2.75. The number of hydrogen-bond acceptors (Lipinski definition) is 3. The first-order valence-electron chi connectivity index (χ1n) is 6.83. The van der Waals surface area contributed by atoms with Crippen molar-refractivity contribution in [2.75, 3.05) is 26.8 Å². The zero-order chi connectivity index (χ0) is 14.6. The fourth-order valence-electron chi connectivity index (χ4n) is 1.68.